The molecule has 1 N–H and O–H groups in total. The van der Waals surface area contributed by atoms with Crippen LogP contribution in [0.15, 0.2) is 18.2 Å². The van der Waals surface area contributed by atoms with Gasteiger partial charge in [-0.25, -0.2) is 4.98 Å². The van der Waals surface area contributed by atoms with Crippen LogP contribution in [0.5, 0.6) is 0 Å². The summed E-state index contributed by atoms with van der Waals surface area (Å²) in [5, 5.41) is 11.1. The van der Waals surface area contributed by atoms with E-state index in [-0.39, 0.29) is 11.9 Å². The average Bonchev–Trinajstić information content (AvgIpc) is 3.01. The van der Waals surface area contributed by atoms with Crippen LogP contribution in [0.25, 0.3) is 11.0 Å². The molecule has 0 unspecified atom stereocenters. The molecule has 0 aliphatic carbocycles. The largest absolute Gasteiger partial charge is 0.367 e. The lowest BCUT2D eigenvalue weighted by Gasteiger charge is -2.24. The fourth-order valence-corrected chi connectivity index (χ4v) is 3.57. The number of fused-ring (bicyclic) bond motifs is 1. The van der Waals surface area contributed by atoms with Crippen LogP contribution in [-0.2, 0) is 11.8 Å². The first-order valence-electron chi connectivity index (χ1n) is 9.39. The fraction of sp³-hybridized carbons (Fsp3) is 0.579. The Hall–Kier alpha value is -1.50. The zero-order valence-corrected chi connectivity index (χ0v) is 17.5. The molecule has 0 fully saturated rings. The molecule has 1 heterocycles. The summed E-state index contributed by atoms with van der Waals surface area (Å²) in [6, 6.07) is 5.74. The highest BCUT2D eigenvalue weighted by molar-refractivity contribution is 6.18. The lowest BCUT2D eigenvalue weighted by atomic mass is 10.1. The highest BCUT2D eigenvalue weighted by atomic mass is 35.5. The van der Waals surface area contributed by atoms with Gasteiger partial charge in [0.05, 0.1) is 16.7 Å². The highest BCUT2D eigenvalue weighted by Gasteiger charge is 2.22. The van der Waals surface area contributed by atoms with Gasteiger partial charge in [-0.1, -0.05) is 32.3 Å². The Labute approximate surface area is 170 Å². The first-order chi connectivity index (χ1) is 13.0. The number of para-hydroxylation sites is 1. The number of rotatable bonds is 11. The summed E-state index contributed by atoms with van der Waals surface area (Å²) in [6.07, 6.45) is 4.24. The van der Waals surface area contributed by atoms with Crippen LogP contribution in [0.3, 0.4) is 0 Å². The Balaban J connectivity index is 2.30. The molecule has 0 aliphatic rings. The van der Waals surface area contributed by atoms with E-state index in [0.717, 1.165) is 36.9 Å². The SMILES string of the molecule is CCCCCCC(=O)N(O)c1nc2cccc(N(CCCl)CCCl)c2n1C. The monoisotopic (exact) mass is 414 g/mol. The fourth-order valence-electron chi connectivity index (χ4n) is 3.16. The molecule has 0 aliphatic heterocycles. The number of carbonyl (C=O) groups is 1. The third kappa shape index (κ3) is 5.27. The molecule has 150 valence electrons. The molecule has 1 aromatic carbocycles. The van der Waals surface area contributed by atoms with E-state index in [1.807, 2.05) is 18.2 Å². The minimum atomic E-state index is -0.343. The maximum atomic E-state index is 12.3. The van der Waals surface area contributed by atoms with Gasteiger partial charge in [0.1, 0.15) is 0 Å². The summed E-state index contributed by atoms with van der Waals surface area (Å²) >= 11 is 11.9. The van der Waals surface area contributed by atoms with Crippen molar-refractivity contribution in [2.75, 3.05) is 34.8 Å². The molecule has 0 saturated heterocycles. The number of hydrogen-bond donors (Lipinski definition) is 1. The Morgan fingerprint density at radius 2 is 1.89 bits per heavy atom. The van der Waals surface area contributed by atoms with Crippen molar-refractivity contribution in [3.8, 4) is 0 Å². The van der Waals surface area contributed by atoms with Crippen molar-refractivity contribution in [2.45, 2.75) is 39.0 Å². The van der Waals surface area contributed by atoms with Gasteiger partial charge < -0.3 is 9.47 Å². The van der Waals surface area contributed by atoms with Crippen molar-refractivity contribution in [3.05, 3.63) is 18.2 Å². The molecule has 1 amide bonds. The number of unbranched alkanes of at least 4 members (excludes halogenated alkanes) is 3. The second-order valence-electron chi connectivity index (χ2n) is 6.50. The maximum absolute atomic E-state index is 12.3. The van der Waals surface area contributed by atoms with Crippen molar-refractivity contribution in [3.63, 3.8) is 0 Å². The van der Waals surface area contributed by atoms with E-state index < -0.39 is 0 Å². The van der Waals surface area contributed by atoms with Crippen molar-refractivity contribution >= 4 is 51.8 Å². The number of anilines is 2. The van der Waals surface area contributed by atoms with Crippen LogP contribution >= 0.6 is 23.2 Å². The van der Waals surface area contributed by atoms with Gasteiger partial charge >= 0.3 is 0 Å². The number of aromatic nitrogens is 2. The second kappa shape index (κ2) is 10.7. The zero-order valence-electron chi connectivity index (χ0n) is 16.0. The molecule has 0 spiro atoms. The van der Waals surface area contributed by atoms with Crippen molar-refractivity contribution in [2.24, 2.45) is 7.05 Å². The highest BCUT2D eigenvalue weighted by Crippen LogP contribution is 2.30. The first kappa shape index (κ1) is 21.8. The number of amides is 1. The van der Waals surface area contributed by atoms with Gasteiger partial charge in [0.15, 0.2) is 0 Å². The number of halogens is 2. The predicted octanol–water partition coefficient (Wildman–Crippen LogP) is 4.55. The smallest absolute Gasteiger partial charge is 0.253 e. The van der Waals surface area contributed by atoms with E-state index in [4.69, 9.17) is 23.2 Å². The third-order valence-corrected chi connectivity index (χ3v) is 4.91. The number of benzene rings is 1. The van der Waals surface area contributed by atoms with Crippen LogP contribution in [0.2, 0.25) is 0 Å². The Morgan fingerprint density at radius 3 is 2.52 bits per heavy atom. The van der Waals surface area contributed by atoms with Gasteiger partial charge in [-0.05, 0) is 18.6 Å². The lowest BCUT2D eigenvalue weighted by molar-refractivity contribution is -0.123. The number of carbonyl (C=O) groups excluding carboxylic acids is 1. The molecule has 1 aromatic heterocycles. The van der Waals surface area contributed by atoms with Gasteiger partial charge in [0.25, 0.3) is 5.91 Å². The van der Waals surface area contributed by atoms with Gasteiger partial charge in [-0.3, -0.25) is 10.0 Å². The average molecular weight is 415 g/mol. The molecule has 0 bridgehead atoms. The topological polar surface area (TPSA) is 61.6 Å². The summed E-state index contributed by atoms with van der Waals surface area (Å²) in [5.74, 6) is 0.819. The number of hydrogen-bond acceptors (Lipinski definition) is 4. The molecule has 2 aromatic rings. The molecule has 6 nitrogen and oxygen atoms in total. The molecule has 0 radical (unpaired) electrons. The lowest BCUT2D eigenvalue weighted by Crippen LogP contribution is -2.29. The van der Waals surface area contributed by atoms with E-state index in [1.165, 1.54) is 0 Å². The summed E-state index contributed by atoms with van der Waals surface area (Å²) < 4.78 is 1.74. The van der Waals surface area contributed by atoms with E-state index in [1.54, 1.807) is 11.6 Å². The number of alkyl halides is 2. The van der Waals surface area contributed by atoms with E-state index in [9.17, 15) is 10.0 Å². The van der Waals surface area contributed by atoms with Crippen LogP contribution in [-0.4, -0.2) is 45.5 Å². The van der Waals surface area contributed by atoms with Gasteiger partial charge in [0, 0.05) is 38.3 Å². The summed E-state index contributed by atoms with van der Waals surface area (Å²) in [6.45, 7) is 3.41. The van der Waals surface area contributed by atoms with Gasteiger partial charge in [0.2, 0.25) is 5.95 Å². The summed E-state index contributed by atoms with van der Waals surface area (Å²) in [4.78, 5) is 18.9. The first-order valence-corrected chi connectivity index (χ1v) is 10.5. The molecule has 27 heavy (non-hydrogen) atoms. The molecule has 0 saturated carbocycles. The van der Waals surface area contributed by atoms with Crippen LogP contribution in [0.4, 0.5) is 11.6 Å². The van der Waals surface area contributed by atoms with E-state index in [2.05, 4.69) is 16.8 Å². The van der Waals surface area contributed by atoms with Crippen molar-refractivity contribution in [1.29, 1.82) is 0 Å². The molecule has 0 atom stereocenters. The van der Waals surface area contributed by atoms with Crippen molar-refractivity contribution < 1.29 is 10.0 Å². The zero-order chi connectivity index (χ0) is 19.8. The Bertz CT molecular complexity index is 745. The second-order valence-corrected chi connectivity index (χ2v) is 7.25. The number of nitrogens with zero attached hydrogens (tertiary/aromatic N) is 4. The van der Waals surface area contributed by atoms with Crippen LogP contribution in [0.1, 0.15) is 39.0 Å². The van der Waals surface area contributed by atoms with Crippen molar-refractivity contribution in [1.82, 2.24) is 9.55 Å². The number of hydroxylamine groups is 1. The number of imidazole rings is 1. The quantitative estimate of drug-likeness (QED) is 0.253. The van der Waals surface area contributed by atoms with E-state index in [0.29, 0.717) is 41.9 Å². The normalized spacial score (nSPS) is 11.1. The minimum absolute atomic E-state index is 0.217. The molecular formula is C19H28Cl2N4O2. The Kier molecular flexibility index (Phi) is 8.67. The summed E-state index contributed by atoms with van der Waals surface area (Å²) in [5.41, 5.74) is 2.47. The molecular weight excluding hydrogens is 387 g/mol. The Morgan fingerprint density at radius 1 is 1.19 bits per heavy atom. The van der Waals surface area contributed by atoms with E-state index >= 15 is 0 Å². The molecule has 8 heteroatoms. The standard InChI is InChI=1S/C19H28Cl2N4O2/c1-3-4-5-6-10-17(26)25(27)19-22-15-8-7-9-16(18(15)23(19)2)24(13-11-20)14-12-21/h7-9,27H,3-6,10-14H2,1-2H3. The van der Waals surface area contributed by atoms with Crippen LogP contribution < -0.4 is 9.96 Å². The van der Waals surface area contributed by atoms with Gasteiger partial charge in [-0.2, -0.15) is 5.06 Å². The minimum Gasteiger partial charge on any atom is -0.367 e. The number of aryl methyl sites for hydroxylation is 1. The molecule has 2 rings (SSSR count). The third-order valence-electron chi connectivity index (χ3n) is 4.57. The van der Waals surface area contributed by atoms with Crippen LogP contribution in [0, 0.1) is 0 Å². The maximum Gasteiger partial charge on any atom is 0.253 e. The summed E-state index contributed by atoms with van der Waals surface area (Å²) in [7, 11) is 1.79. The predicted molar refractivity (Wildman–Crippen MR) is 112 cm³/mol. The van der Waals surface area contributed by atoms with Gasteiger partial charge in [-0.15, -0.1) is 23.2 Å².